The number of carbonyl (C=O) groups is 1. The van der Waals surface area contributed by atoms with Crippen molar-refractivity contribution in [1.82, 2.24) is 15.6 Å². The zero-order valence-electron chi connectivity index (χ0n) is 20.9. The van der Waals surface area contributed by atoms with Gasteiger partial charge in [0.1, 0.15) is 18.1 Å². The van der Waals surface area contributed by atoms with Crippen LogP contribution in [0, 0.1) is 0 Å². The molecule has 40 heavy (non-hydrogen) atoms. The summed E-state index contributed by atoms with van der Waals surface area (Å²) in [7, 11) is 0. The normalized spacial score (nSPS) is 11.2. The zero-order valence-corrected chi connectivity index (χ0v) is 23.2. The molecule has 8 nitrogen and oxygen atoms in total. The second-order valence-corrected chi connectivity index (χ2v) is 10.1. The minimum atomic E-state index is -0.336. The summed E-state index contributed by atoms with van der Waals surface area (Å²) < 4.78 is 17.2. The summed E-state index contributed by atoms with van der Waals surface area (Å²) in [6.07, 6.45) is 1.59. The molecule has 0 saturated carbocycles. The molecule has 1 amide bonds. The van der Waals surface area contributed by atoms with Gasteiger partial charge in [0, 0.05) is 10.6 Å². The Morgan fingerprint density at radius 3 is 2.55 bits per heavy atom. The van der Waals surface area contributed by atoms with E-state index < -0.39 is 0 Å². The van der Waals surface area contributed by atoms with Crippen molar-refractivity contribution >= 4 is 57.9 Å². The maximum atomic E-state index is 12.4. The van der Waals surface area contributed by atoms with Gasteiger partial charge in [-0.15, -0.1) is 10.2 Å². The molecule has 0 bridgehead atoms. The summed E-state index contributed by atoms with van der Waals surface area (Å²) in [6.45, 7) is 0.429. The molecule has 4 aromatic carbocycles. The van der Waals surface area contributed by atoms with Crippen LogP contribution in [0.5, 0.6) is 11.5 Å². The Morgan fingerprint density at radius 1 is 0.925 bits per heavy atom. The molecular formula is C29H22Cl2N4O4S. The first-order valence-corrected chi connectivity index (χ1v) is 13.8. The fourth-order valence-corrected chi connectivity index (χ4v) is 4.72. The van der Waals surface area contributed by atoms with Gasteiger partial charge in [0.2, 0.25) is 0 Å². The van der Waals surface area contributed by atoms with Crippen LogP contribution < -0.4 is 14.9 Å². The molecule has 0 aliphatic carbocycles. The summed E-state index contributed by atoms with van der Waals surface area (Å²) in [6, 6.07) is 26.6. The molecule has 1 heterocycles. The van der Waals surface area contributed by atoms with Crippen LogP contribution in [0.25, 0.3) is 10.8 Å². The standard InChI is InChI=1S/C29H22Cl2N4O4S/c30-21-11-13-26(24(31)14-21)38-17-28-34-35-29(39-28)40-18-27(36)33-32-15-23-22-9-5-4-8-20(22)10-12-25(23)37-16-19-6-2-1-3-7-19/h1-15H,16-18H2,(H,33,36)/b32-15-. The van der Waals surface area contributed by atoms with Crippen LogP contribution in [-0.4, -0.2) is 28.1 Å². The van der Waals surface area contributed by atoms with Crippen molar-refractivity contribution < 1.29 is 18.7 Å². The highest BCUT2D eigenvalue weighted by molar-refractivity contribution is 7.99. The third-order valence-electron chi connectivity index (χ3n) is 5.57. The molecule has 0 spiro atoms. The molecule has 0 saturated heterocycles. The van der Waals surface area contributed by atoms with E-state index in [0.29, 0.717) is 28.2 Å². The van der Waals surface area contributed by atoms with E-state index in [1.807, 2.05) is 66.7 Å². The Balaban J connectivity index is 1.16. The van der Waals surface area contributed by atoms with Gasteiger partial charge in [0.05, 0.1) is 17.0 Å². The van der Waals surface area contributed by atoms with Crippen LogP contribution in [0.3, 0.4) is 0 Å². The lowest BCUT2D eigenvalue weighted by Gasteiger charge is -2.12. The minimum absolute atomic E-state index is 0.0190. The second kappa shape index (κ2) is 13.3. The van der Waals surface area contributed by atoms with E-state index in [1.54, 1.807) is 24.4 Å². The van der Waals surface area contributed by atoms with E-state index in [-0.39, 0.29) is 29.4 Å². The monoisotopic (exact) mass is 592 g/mol. The summed E-state index contributed by atoms with van der Waals surface area (Å²) in [5.74, 6) is 1.03. The van der Waals surface area contributed by atoms with E-state index in [4.69, 9.17) is 37.1 Å². The number of halogens is 2. The number of aromatic nitrogens is 2. The van der Waals surface area contributed by atoms with E-state index in [1.165, 1.54) is 0 Å². The fourth-order valence-electron chi connectivity index (χ4n) is 3.68. The fraction of sp³-hybridized carbons (Fsp3) is 0.103. The van der Waals surface area contributed by atoms with Gasteiger partial charge in [-0.1, -0.05) is 95.6 Å². The molecule has 0 aliphatic rings. The number of ether oxygens (including phenoxy) is 2. The smallest absolute Gasteiger partial charge is 0.277 e. The number of thioether (sulfide) groups is 1. The highest BCUT2D eigenvalue weighted by atomic mass is 35.5. The average molecular weight is 593 g/mol. The van der Waals surface area contributed by atoms with E-state index >= 15 is 0 Å². The quantitative estimate of drug-likeness (QED) is 0.101. The number of carbonyl (C=O) groups excluding carboxylic acids is 1. The van der Waals surface area contributed by atoms with Gasteiger partial charge in [-0.05, 0) is 40.6 Å². The van der Waals surface area contributed by atoms with E-state index in [2.05, 4.69) is 20.7 Å². The molecule has 11 heteroatoms. The Labute approximate surface area is 244 Å². The Kier molecular flexibility index (Phi) is 9.18. The van der Waals surface area contributed by atoms with Crippen LogP contribution in [0.2, 0.25) is 10.0 Å². The maximum absolute atomic E-state index is 12.4. The number of hydrogen-bond acceptors (Lipinski definition) is 8. The van der Waals surface area contributed by atoms with Crippen LogP contribution in [-0.2, 0) is 18.0 Å². The first-order valence-electron chi connectivity index (χ1n) is 12.1. The van der Waals surface area contributed by atoms with Crippen LogP contribution >= 0.6 is 35.0 Å². The number of nitrogens with one attached hydrogen (secondary N) is 1. The molecule has 1 N–H and O–H groups in total. The predicted molar refractivity (Wildman–Crippen MR) is 156 cm³/mol. The van der Waals surface area contributed by atoms with Gasteiger partial charge in [-0.3, -0.25) is 4.79 Å². The number of rotatable bonds is 11. The highest BCUT2D eigenvalue weighted by Gasteiger charge is 2.12. The Hall–Kier alpha value is -4.05. The first kappa shape index (κ1) is 27.5. The van der Waals surface area contributed by atoms with E-state index in [9.17, 15) is 4.79 Å². The zero-order chi connectivity index (χ0) is 27.7. The third kappa shape index (κ3) is 7.32. The number of nitrogens with zero attached hydrogens (tertiary/aromatic N) is 3. The molecule has 1 aromatic heterocycles. The van der Waals surface area contributed by atoms with Crippen LogP contribution in [0.1, 0.15) is 17.0 Å². The lowest BCUT2D eigenvalue weighted by Crippen LogP contribution is -2.19. The molecule has 202 valence electrons. The molecule has 0 atom stereocenters. The van der Waals surface area contributed by atoms with Crippen molar-refractivity contribution in [2.45, 2.75) is 18.4 Å². The van der Waals surface area contributed by atoms with Crippen molar-refractivity contribution in [2.24, 2.45) is 5.10 Å². The molecular weight excluding hydrogens is 571 g/mol. The number of fused-ring (bicyclic) bond motifs is 1. The first-order chi connectivity index (χ1) is 19.5. The topological polar surface area (TPSA) is 98.8 Å². The average Bonchev–Trinajstić information content (AvgIpc) is 3.43. The molecule has 0 aliphatic heterocycles. The van der Waals surface area contributed by atoms with Gasteiger partial charge in [-0.25, -0.2) is 5.43 Å². The van der Waals surface area contributed by atoms with Gasteiger partial charge < -0.3 is 13.9 Å². The van der Waals surface area contributed by atoms with E-state index in [0.717, 1.165) is 33.7 Å². The lowest BCUT2D eigenvalue weighted by atomic mass is 10.0. The summed E-state index contributed by atoms with van der Waals surface area (Å²) in [5, 5.41) is 15.1. The number of amides is 1. The number of hydrazone groups is 1. The molecule has 0 radical (unpaired) electrons. The summed E-state index contributed by atoms with van der Waals surface area (Å²) >= 11 is 13.1. The molecule has 5 rings (SSSR count). The van der Waals surface area contributed by atoms with Crippen molar-refractivity contribution in [3.05, 3.63) is 112 Å². The van der Waals surface area contributed by atoms with Crippen molar-refractivity contribution in [1.29, 1.82) is 0 Å². The van der Waals surface area contributed by atoms with Crippen LogP contribution in [0.4, 0.5) is 0 Å². The van der Waals surface area contributed by atoms with Gasteiger partial charge in [-0.2, -0.15) is 5.10 Å². The molecule has 0 fully saturated rings. The highest BCUT2D eigenvalue weighted by Crippen LogP contribution is 2.29. The van der Waals surface area contributed by atoms with Crippen LogP contribution in [0.15, 0.2) is 99.7 Å². The van der Waals surface area contributed by atoms with Crippen molar-refractivity contribution in [3.63, 3.8) is 0 Å². The minimum Gasteiger partial charge on any atom is -0.488 e. The predicted octanol–water partition coefficient (Wildman–Crippen LogP) is 6.93. The van der Waals surface area contributed by atoms with Gasteiger partial charge in [0.15, 0.2) is 6.61 Å². The van der Waals surface area contributed by atoms with Gasteiger partial charge in [0.25, 0.3) is 17.0 Å². The summed E-state index contributed by atoms with van der Waals surface area (Å²) in [5.41, 5.74) is 4.36. The lowest BCUT2D eigenvalue weighted by molar-refractivity contribution is -0.118. The SMILES string of the molecule is O=C(CSc1nnc(COc2ccc(Cl)cc2Cl)o1)N/N=C\c1c(OCc2ccccc2)ccc2ccccc12. The molecule has 0 unspecified atom stereocenters. The number of benzene rings is 4. The second-order valence-electron chi connectivity index (χ2n) is 8.38. The maximum Gasteiger partial charge on any atom is 0.277 e. The molecule has 5 aromatic rings. The van der Waals surface area contributed by atoms with Gasteiger partial charge >= 0.3 is 0 Å². The Morgan fingerprint density at radius 2 is 1.70 bits per heavy atom. The largest absolute Gasteiger partial charge is 0.488 e. The van der Waals surface area contributed by atoms with Crippen molar-refractivity contribution in [2.75, 3.05) is 5.75 Å². The Bertz CT molecular complexity index is 1650. The number of hydrogen-bond donors (Lipinski definition) is 1. The third-order valence-corrected chi connectivity index (χ3v) is 6.92. The van der Waals surface area contributed by atoms with Crippen molar-refractivity contribution in [3.8, 4) is 11.5 Å². The summed E-state index contributed by atoms with van der Waals surface area (Å²) in [4.78, 5) is 12.4.